The van der Waals surface area contributed by atoms with Crippen LogP contribution in [-0.4, -0.2) is 96.7 Å². The maximum atomic E-state index is 13.0. The Bertz CT molecular complexity index is 1690. The van der Waals surface area contributed by atoms with E-state index in [9.17, 15) is 43.2 Å². The van der Waals surface area contributed by atoms with Crippen LogP contribution in [0.3, 0.4) is 0 Å². The minimum absolute atomic E-state index is 0.107. The van der Waals surface area contributed by atoms with Gasteiger partial charge in [0.2, 0.25) is 0 Å². The first kappa shape index (κ1) is 86.1. The molecule has 0 aliphatic heterocycles. The standard InChI is InChI=1S/C69H134O17P2/c1-5-9-13-17-21-25-28-29-30-31-32-33-34-35-36-37-40-44-48-52-56-69(74)86-65(60-80-67(72)54-50-46-42-38-26-22-18-14-10-6-2)62-84-88(77,78)82-58-63(70)57-81-87(75,76)83-61-64(59-79-66(71)53-49-45-41-24-20-16-12-8-4)85-68(73)55-51-47-43-39-27-23-19-15-11-7-3/h63-65,70H,5-62H2,1-4H3,(H,75,76)(H,77,78)/t63-,64+,65+/m0/s1. The number of phosphoric ester groups is 2. The molecule has 0 radical (unpaired) electrons. The van der Waals surface area contributed by atoms with Crippen LogP contribution in [0.1, 0.15) is 362 Å². The summed E-state index contributed by atoms with van der Waals surface area (Å²) >= 11 is 0. The van der Waals surface area contributed by atoms with Crippen LogP contribution in [-0.2, 0) is 65.4 Å². The molecule has 19 heteroatoms. The van der Waals surface area contributed by atoms with E-state index in [1.807, 2.05) is 0 Å². The van der Waals surface area contributed by atoms with Crippen LogP contribution < -0.4 is 0 Å². The minimum Gasteiger partial charge on any atom is -0.462 e. The van der Waals surface area contributed by atoms with E-state index in [2.05, 4.69) is 27.7 Å². The highest BCUT2D eigenvalue weighted by atomic mass is 31.2. The van der Waals surface area contributed by atoms with Crippen LogP contribution in [0.25, 0.3) is 0 Å². The van der Waals surface area contributed by atoms with Crippen molar-refractivity contribution in [1.82, 2.24) is 0 Å². The first-order chi connectivity index (χ1) is 42.7. The van der Waals surface area contributed by atoms with Crippen molar-refractivity contribution in [1.29, 1.82) is 0 Å². The van der Waals surface area contributed by atoms with Crippen molar-refractivity contribution in [2.75, 3.05) is 39.6 Å². The highest BCUT2D eigenvalue weighted by molar-refractivity contribution is 7.47. The Kier molecular flexibility index (Phi) is 62.4. The van der Waals surface area contributed by atoms with Gasteiger partial charge in [0.15, 0.2) is 12.2 Å². The number of phosphoric acid groups is 2. The molecule has 0 saturated carbocycles. The Morgan fingerprint density at radius 3 is 0.670 bits per heavy atom. The van der Waals surface area contributed by atoms with Gasteiger partial charge >= 0.3 is 39.5 Å². The maximum Gasteiger partial charge on any atom is 0.472 e. The molecule has 3 N–H and O–H groups in total. The molecule has 0 bridgehead atoms. The van der Waals surface area contributed by atoms with Gasteiger partial charge in [-0.05, 0) is 25.7 Å². The van der Waals surface area contributed by atoms with Crippen molar-refractivity contribution >= 4 is 39.5 Å². The van der Waals surface area contributed by atoms with Gasteiger partial charge in [-0.15, -0.1) is 0 Å². The molecular formula is C69H134O17P2. The minimum atomic E-state index is -4.95. The fourth-order valence-electron chi connectivity index (χ4n) is 10.5. The Hall–Kier alpha value is -1.94. The summed E-state index contributed by atoms with van der Waals surface area (Å²) in [5.74, 6) is -2.13. The quantitative estimate of drug-likeness (QED) is 0.0222. The second-order valence-electron chi connectivity index (χ2n) is 24.9. The second-order valence-corrected chi connectivity index (χ2v) is 27.8. The van der Waals surface area contributed by atoms with Crippen LogP contribution in [0.2, 0.25) is 0 Å². The van der Waals surface area contributed by atoms with Crippen molar-refractivity contribution in [3.8, 4) is 0 Å². The molecule has 0 amide bonds. The van der Waals surface area contributed by atoms with Crippen LogP contribution in [0, 0.1) is 0 Å². The third-order valence-electron chi connectivity index (χ3n) is 16.1. The van der Waals surface area contributed by atoms with Gasteiger partial charge in [0.1, 0.15) is 19.3 Å². The summed E-state index contributed by atoms with van der Waals surface area (Å²) in [5, 5.41) is 10.6. The Labute approximate surface area is 537 Å². The number of aliphatic hydroxyl groups excluding tert-OH is 1. The van der Waals surface area contributed by atoms with Crippen LogP contribution in [0.15, 0.2) is 0 Å². The number of rotatable bonds is 70. The van der Waals surface area contributed by atoms with E-state index in [0.29, 0.717) is 25.7 Å². The van der Waals surface area contributed by atoms with E-state index in [1.165, 1.54) is 186 Å². The molecule has 0 aliphatic rings. The van der Waals surface area contributed by atoms with E-state index in [0.717, 1.165) is 96.3 Å². The van der Waals surface area contributed by atoms with Gasteiger partial charge in [-0.25, -0.2) is 9.13 Å². The van der Waals surface area contributed by atoms with Crippen molar-refractivity contribution in [3.63, 3.8) is 0 Å². The Morgan fingerprint density at radius 1 is 0.273 bits per heavy atom. The molecule has 2 unspecified atom stereocenters. The highest BCUT2D eigenvalue weighted by Gasteiger charge is 2.30. The smallest absolute Gasteiger partial charge is 0.462 e. The molecule has 5 atom stereocenters. The fraction of sp³-hybridized carbons (Fsp3) is 0.942. The van der Waals surface area contributed by atoms with E-state index in [4.69, 9.17) is 37.0 Å². The molecule has 0 heterocycles. The van der Waals surface area contributed by atoms with Gasteiger partial charge in [0, 0.05) is 25.7 Å². The molecule has 0 aromatic carbocycles. The Balaban J connectivity index is 5.13. The van der Waals surface area contributed by atoms with Crippen molar-refractivity contribution in [3.05, 3.63) is 0 Å². The predicted octanol–water partition coefficient (Wildman–Crippen LogP) is 19.9. The summed E-state index contributed by atoms with van der Waals surface area (Å²) in [6.07, 6.45) is 51.5. The monoisotopic (exact) mass is 1300 g/mol. The topological polar surface area (TPSA) is 237 Å². The second kappa shape index (κ2) is 63.8. The van der Waals surface area contributed by atoms with E-state index >= 15 is 0 Å². The van der Waals surface area contributed by atoms with Crippen molar-refractivity contribution in [2.24, 2.45) is 0 Å². The third-order valence-corrected chi connectivity index (χ3v) is 18.0. The average molecular weight is 1300 g/mol. The number of unbranched alkanes of at least 4 members (excludes halogenated alkanes) is 44. The molecule has 0 rings (SSSR count). The van der Waals surface area contributed by atoms with Crippen molar-refractivity contribution < 1.29 is 80.2 Å². The maximum absolute atomic E-state index is 13.0. The molecule has 17 nitrogen and oxygen atoms in total. The fourth-order valence-corrected chi connectivity index (χ4v) is 12.1. The van der Waals surface area contributed by atoms with Crippen LogP contribution >= 0.6 is 15.6 Å². The summed E-state index contributed by atoms with van der Waals surface area (Å²) in [7, 11) is -9.89. The molecular weight excluding hydrogens is 1160 g/mol. The molecule has 0 spiro atoms. The van der Waals surface area contributed by atoms with E-state index in [1.54, 1.807) is 0 Å². The Morgan fingerprint density at radius 2 is 0.455 bits per heavy atom. The normalized spacial score (nSPS) is 14.0. The zero-order valence-electron chi connectivity index (χ0n) is 56.7. The lowest BCUT2D eigenvalue weighted by molar-refractivity contribution is -0.161. The zero-order valence-corrected chi connectivity index (χ0v) is 58.5. The summed E-state index contributed by atoms with van der Waals surface area (Å²) in [5.41, 5.74) is 0. The van der Waals surface area contributed by atoms with Gasteiger partial charge in [-0.3, -0.25) is 37.3 Å². The average Bonchev–Trinajstić information content (AvgIpc) is 3.56. The van der Waals surface area contributed by atoms with Crippen LogP contribution in [0.5, 0.6) is 0 Å². The number of ether oxygens (including phenoxy) is 4. The van der Waals surface area contributed by atoms with E-state index < -0.39 is 97.5 Å². The molecule has 0 aromatic rings. The predicted molar refractivity (Wildman–Crippen MR) is 354 cm³/mol. The number of esters is 4. The lowest BCUT2D eigenvalue weighted by Crippen LogP contribution is -2.30. The molecule has 88 heavy (non-hydrogen) atoms. The van der Waals surface area contributed by atoms with Gasteiger partial charge in [0.05, 0.1) is 26.4 Å². The molecule has 0 aromatic heterocycles. The van der Waals surface area contributed by atoms with Gasteiger partial charge in [-0.1, -0.05) is 310 Å². The van der Waals surface area contributed by atoms with Crippen molar-refractivity contribution in [2.45, 2.75) is 380 Å². The SMILES string of the molecule is CCCCCCCCCCCCCCCCCCCCCCC(=O)O[C@H](COC(=O)CCCCCCCCCCCC)COP(=O)(O)OC[C@@H](O)COP(=O)(O)OC[C@@H](COC(=O)CCCCCCCCCC)OC(=O)CCCCCCCCCCCC. The first-order valence-electron chi connectivity index (χ1n) is 36.3. The summed E-state index contributed by atoms with van der Waals surface area (Å²) < 4.78 is 68.1. The molecule has 0 fully saturated rings. The highest BCUT2D eigenvalue weighted by Crippen LogP contribution is 2.45. The lowest BCUT2D eigenvalue weighted by Gasteiger charge is -2.21. The zero-order chi connectivity index (χ0) is 64.7. The largest absolute Gasteiger partial charge is 0.472 e. The molecule has 0 aliphatic carbocycles. The first-order valence-corrected chi connectivity index (χ1v) is 39.3. The number of carbonyl (C=O) groups excluding carboxylic acids is 4. The van der Waals surface area contributed by atoms with Gasteiger partial charge in [0.25, 0.3) is 0 Å². The van der Waals surface area contributed by atoms with Gasteiger partial charge in [-0.2, -0.15) is 0 Å². The molecule has 0 saturated heterocycles. The number of aliphatic hydroxyl groups is 1. The van der Waals surface area contributed by atoms with Crippen LogP contribution in [0.4, 0.5) is 0 Å². The number of hydrogen-bond acceptors (Lipinski definition) is 15. The summed E-state index contributed by atoms with van der Waals surface area (Å²) in [6.45, 7) is 4.89. The number of carbonyl (C=O) groups is 4. The van der Waals surface area contributed by atoms with E-state index in [-0.39, 0.29) is 25.7 Å². The molecule has 522 valence electrons. The van der Waals surface area contributed by atoms with Gasteiger partial charge < -0.3 is 33.8 Å². The number of hydrogen-bond donors (Lipinski definition) is 3. The third kappa shape index (κ3) is 62.8. The summed E-state index contributed by atoms with van der Waals surface area (Å²) in [4.78, 5) is 72.3. The summed E-state index contributed by atoms with van der Waals surface area (Å²) in [6, 6.07) is 0. The lowest BCUT2D eigenvalue weighted by atomic mass is 10.0.